The normalized spacial score (nSPS) is 17.3. The Balaban J connectivity index is 1.87. The second-order valence-electron chi connectivity index (χ2n) is 6.25. The van der Waals surface area contributed by atoms with E-state index in [0.717, 1.165) is 13.1 Å². The van der Waals surface area contributed by atoms with Crippen LogP contribution >= 0.6 is 0 Å². The standard InChI is InChI=1S/C18H27NO4/c1-14(20)15-7-8-17(18(11-15)22-2)23-13-16(21)12-19-9-5-3-4-6-10-19/h7-8,11,16,21H,3-6,9-10,12-13H2,1-2H3/p+1/t16-/m0/s1. The van der Waals surface area contributed by atoms with Crippen molar-refractivity contribution >= 4 is 5.78 Å². The van der Waals surface area contributed by atoms with Crippen LogP contribution in [0.3, 0.4) is 0 Å². The predicted molar refractivity (Wildman–Crippen MR) is 88.5 cm³/mol. The Hall–Kier alpha value is -1.59. The van der Waals surface area contributed by atoms with Gasteiger partial charge in [0.2, 0.25) is 0 Å². The Morgan fingerprint density at radius 3 is 2.52 bits per heavy atom. The van der Waals surface area contributed by atoms with Gasteiger partial charge in [-0.25, -0.2) is 0 Å². The van der Waals surface area contributed by atoms with Gasteiger partial charge in [-0.3, -0.25) is 4.79 Å². The summed E-state index contributed by atoms with van der Waals surface area (Å²) in [4.78, 5) is 12.9. The quantitative estimate of drug-likeness (QED) is 0.738. The highest BCUT2D eigenvalue weighted by molar-refractivity contribution is 5.94. The third-order valence-electron chi connectivity index (χ3n) is 4.34. The number of Topliss-reactive ketones (excluding diaryl/α,β-unsaturated/α-hetero) is 1. The van der Waals surface area contributed by atoms with Crippen molar-refractivity contribution in [2.75, 3.05) is 33.4 Å². The number of aliphatic hydroxyl groups is 1. The van der Waals surface area contributed by atoms with E-state index in [4.69, 9.17) is 9.47 Å². The van der Waals surface area contributed by atoms with Crippen molar-refractivity contribution in [1.29, 1.82) is 0 Å². The molecule has 0 bridgehead atoms. The second-order valence-corrected chi connectivity index (χ2v) is 6.25. The largest absolute Gasteiger partial charge is 0.493 e. The Labute approximate surface area is 138 Å². The lowest BCUT2D eigenvalue weighted by molar-refractivity contribution is -0.902. The van der Waals surface area contributed by atoms with Gasteiger partial charge in [0.05, 0.1) is 20.2 Å². The molecule has 1 aromatic rings. The maximum atomic E-state index is 11.4. The predicted octanol–water partition coefficient (Wildman–Crippen LogP) is 1.10. The summed E-state index contributed by atoms with van der Waals surface area (Å²) < 4.78 is 11.0. The zero-order valence-electron chi connectivity index (χ0n) is 14.1. The molecular formula is C18H28NO4+. The number of carbonyl (C=O) groups is 1. The summed E-state index contributed by atoms with van der Waals surface area (Å²) in [6.07, 6.45) is 4.58. The highest BCUT2D eigenvalue weighted by Gasteiger charge is 2.18. The minimum Gasteiger partial charge on any atom is -0.493 e. The van der Waals surface area contributed by atoms with Crippen molar-refractivity contribution in [1.82, 2.24) is 0 Å². The SMILES string of the molecule is COc1cc(C(C)=O)ccc1OC[C@@H](O)C[NH+]1CCCCCC1. The number of hydrogen-bond donors (Lipinski definition) is 2. The van der Waals surface area contributed by atoms with Crippen LogP contribution in [0.2, 0.25) is 0 Å². The number of nitrogens with one attached hydrogen (secondary N) is 1. The fraction of sp³-hybridized carbons (Fsp3) is 0.611. The molecule has 1 heterocycles. The van der Waals surface area contributed by atoms with E-state index < -0.39 is 6.10 Å². The number of likely N-dealkylation sites (tertiary alicyclic amines) is 1. The first-order chi connectivity index (χ1) is 11.1. The first-order valence-electron chi connectivity index (χ1n) is 8.43. The van der Waals surface area contributed by atoms with Crippen LogP contribution in [-0.4, -0.2) is 50.3 Å². The minimum absolute atomic E-state index is 0.0142. The highest BCUT2D eigenvalue weighted by atomic mass is 16.5. The molecule has 1 saturated heterocycles. The fourth-order valence-corrected chi connectivity index (χ4v) is 3.02. The average Bonchev–Trinajstić information content (AvgIpc) is 2.81. The Morgan fingerprint density at radius 1 is 1.22 bits per heavy atom. The molecule has 128 valence electrons. The van der Waals surface area contributed by atoms with E-state index in [9.17, 15) is 9.90 Å². The second kappa shape index (κ2) is 8.89. The van der Waals surface area contributed by atoms with Crippen LogP contribution in [-0.2, 0) is 0 Å². The first-order valence-corrected chi connectivity index (χ1v) is 8.43. The third-order valence-corrected chi connectivity index (χ3v) is 4.34. The van der Waals surface area contributed by atoms with Crippen LogP contribution in [0.15, 0.2) is 18.2 Å². The number of benzene rings is 1. The third kappa shape index (κ3) is 5.52. The molecule has 0 radical (unpaired) electrons. The zero-order valence-corrected chi connectivity index (χ0v) is 14.1. The van der Waals surface area contributed by atoms with Gasteiger partial charge < -0.3 is 19.5 Å². The number of hydrogen-bond acceptors (Lipinski definition) is 4. The summed E-state index contributed by atoms with van der Waals surface area (Å²) in [5.74, 6) is 1.06. The van der Waals surface area contributed by atoms with Gasteiger partial charge in [-0.05, 0) is 50.8 Å². The minimum atomic E-state index is -0.500. The number of carbonyl (C=O) groups excluding carboxylic acids is 1. The van der Waals surface area contributed by atoms with Crippen LogP contribution in [0.5, 0.6) is 11.5 Å². The van der Waals surface area contributed by atoms with E-state index in [1.165, 1.54) is 37.5 Å². The number of aliphatic hydroxyl groups excluding tert-OH is 1. The van der Waals surface area contributed by atoms with Crippen LogP contribution in [0.1, 0.15) is 43.0 Å². The van der Waals surface area contributed by atoms with E-state index >= 15 is 0 Å². The van der Waals surface area contributed by atoms with Gasteiger partial charge in [0.25, 0.3) is 0 Å². The van der Waals surface area contributed by atoms with E-state index in [1.54, 1.807) is 25.3 Å². The van der Waals surface area contributed by atoms with Gasteiger partial charge in [-0.2, -0.15) is 0 Å². The number of quaternary nitrogens is 1. The molecule has 1 fully saturated rings. The Morgan fingerprint density at radius 2 is 1.91 bits per heavy atom. The molecule has 1 aliphatic heterocycles. The molecular weight excluding hydrogens is 294 g/mol. The van der Waals surface area contributed by atoms with Crippen molar-refractivity contribution in [2.24, 2.45) is 0 Å². The molecule has 0 aromatic heterocycles. The van der Waals surface area contributed by atoms with Gasteiger partial charge in [0.1, 0.15) is 19.3 Å². The summed E-state index contributed by atoms with van der Waals surface area (Å²) in [6.45, 7) is 4.73. The summed E-state index contributed by atoms with van der Waals surface area (Å²) >= 11 is 0. The van der Waals surface area contributed by atoms with Crippen LogP contribution in [0.4, 0.5) is 0 Å². The molecule has 1 aliphatic rings. The summed E-state index contributed by atoms with van der Waals surface area (Å²) in [5, 5.41) is 10.2. The molecule has 0 spiro atoms. The van der Waals surface area contributed by atoms with Gasteiger partial charge in [0, 0.05) is 5.56 Å². The van der Waals surface area contributed by atoms with Crippen molar-refractivity contribution in [2.45, 2.75) is 38.7 Å². The van der Waals surface area contributed by atoms with Crippen LogP contribution in [0, 0.1) is 0 Å². The smallest absolute Gasteiger partial charge is 0.161 e. The lowest BCUT2D eigenvalue weighted by Crippen LogP contribution is -3.13. The molecule has 0 unspecified atom stereocenters. The molecule has 5 heteroatoms. The molecule has 5 nitrogen and oxygen atoms in total. The molecule has 0 aliphatic carbocycles. The highest BCUT2D eigenvalue weighted by Crippen LogP contribution is 2.28. The van der Waals surface area contributed by atoms with Crippen LogP contribution in [0.25, 0.3) is 0 Å². The van der Waals surface area contributed by atoms with E-state index in [2.05, 4.69) is 0 Å². The van der Waals surface area contributed by atoms with Crippen molar-refractivity contribution in [3.8, 4) is 11.5 Å². The van der Waals surface area contributed by atoms with E-state index in [1.807, 2.05) is 0 Å². The van der Waals surface area contributed by atoms with Crippen molar-refractivity contribution in [3.63, 3.8) is 0 Å². The topological polar surface area (TPSA) is 60.2 Å². The number of ketones is 1. The number of ether oxygens (including phenoxy) is 2. The lowest BCUT2D eigenvalue weighted by atomic mass is 10.1. The van der Waals surface area contributed by atoms with Gasteiger partial charge in [-0.15, -0.1) is 0 Å². The van der Waals surface area contributed by atoms with Gasteiger partial charge in [-0.1, -0.05) is 0 Å². The first kappa shape index (κ1) is 17.8. The molecule has 23 heavy (non-hydrogen) atoms. The van der Waals surface area contributed by atoms with Gasteiger partial charge in [0.15, 0.2) is 17.3 Å². The van der Waals surface area contributed by atoms with Crippen LogP contribution < -0.4 is 14.4 Å². The molecule has 0 saturated carbocycles. The fourth-order valence-electron chi connectivity index (χ4n) is 3.02. The summed E-state index contributed by atoms with van der Waals surface area (Å²) in [6, 6.07) is 5.11. The molecule has 2 N–H and O–H groups in total. The molecule has 2 rings (SSSR count). The summed E-state index contributed by atoms with van der Waals surface area (Å²) in [5.41, 5.74) is 0.587. The zero-order chi connectivity index (χ0) is 16.7. The number of methoxy groups -OCH3 is 1. The van der Waals surface area contributed by atoms with E-state index in [-0.39, 0.29) is 12.4 Å². The molecule has 0 amide bonds. The maximum Gasteiger partial charge on any atom is 0.161 e. The molecule has 1 aromatic carbocycles. The average molecular weight is 322 g/mol. The Kier molecular flexibility index (Phi) is 6.86. The van der Waals surface area contributed by atoms with Gasteiger partial charge >= 0.3 is 0 Å². The monoisotopic (exact) mass is 322 g/mol. The van der Waals surface area contributed by atoms with E-state index in [0.29, 0.717) is 23.6 Å². The summed E-state index contributed by atoms with van der Waals surface area (Å²) in [7, 11) is 1.55. The lowest BCUT2D eigenvalue weighted by Gasteiger charge is -2.21. The maximum absolute atomic E-state index is 11.4. The Bertz CT molecular complexity index is 510. The van der Waals surface area contributed by atoms with Crippen molar-refractivity contribution < 1.29 is 24.3 Å². The molecule has 1 atom stereocenters. The van der Waals surface area contributed by atoms with Crippen molar-refractivity contribution in [3.05, 3.63) is 23.8 Å². The number of rotatable bonds is 7.